The van der Waals surface area contributed by atoms with E-state index >= 15 is 0 Å². The molecule has 1 unspecified atom stereocenters. The van der Waals surface area contributed by atoms with Crippen molar-refractivity contribution in [3.05, 3.63) is 35.1 Å². The van der Waals surface area contributed by atoms with Gasteiger partial charge in [0.25, 0.3) is 0 Å². The van der Waals surface area contributed by atoms with Gasteiger partial charge in [0.1, 0.15) is 5.82 Å². The second kappa shape index (κ2) is 8.28. The molecule has 0 amide bonds. The van der Waals surface area contributed by atoms with Gasteiger partial charge >= 0.3 is 0 Å². The van der Waals surface area contributed by atoms with Gasteiger partial charge in [0.2, 0.25) is 0 Å². The van der Waals surface area contributed by atoms with Crippen molar-refractivity contribution in [1.29, 1.82) is 0 Å². The topological polar surface area (TPSA) is 29.3 Å². The van der Waals surface area contributed by atoms with E-state index in [0.29, 0.717) is 5.56 Å². The lowest BCUT2D eigenvalue weighted by molar-refractivity contribution is 0.264. The maximum absolute atomic E-state index is 13.5. The number of hydrogen-bond acceptors (Lipinski definition) is 2. The molecule has 1 rings (SSSR count). The summed E-state index contributed by atoms with van der Waals surface area (Å²) >= 11 is 0. The van der Waals surface area contributed by atoms with Gasteiger partial charge in [-0.1, -0.05) is 26.0 Å². The minimum atomic E-state index is -0.160. The van der Waals surface area contributed by atoms with Crippen LogP contribution in [0.1, 0.15) is 50.3 Å². The van der Waals surface area contributed by atoms with Crippen LogP contribution in [0, 0.1) is 12.7 Å². The average molecular weight is 266 g/mol. The third-order valence-electron chi connectivity index (χ3n) is 3.46. The Bertz CT molecular complexity index is 373. The number of hydrogen-bond donors (Lipinski definition) is 1. The van der Waals surface area contributed by atoms with E-state index in [1.54, 1.807) is 19.1 Å². The third kappa shape index (κ3) is 5.29. The van der Waals surface area contributed by atoms with Gasteiger partial charge in [-0.15, -0.1) is 0 Å². The first-order chi connectivity index (χ1) is 9.08. The molecule has 0 heterocycles. The number of nitrogens with zero attached hydrogens (tertiary/aromatic N) is 1. The number of nitrogens with two attached hydrogens (primary N) is 1. The molecule has 1 aromatic rings. The van der Waals surface area contributed by atoms with Crippen LogP contribution in [0.3, 0.4) is 0 Å². The molecule has 0 spiro atoms. The van der Waals surface area contributed by atoms with Gasteiger partial charge in [0, 0.05) is 6.04 Å². The van der Waals surface area contributed by atoms with Gasteiger partial charge in [0.05, 0.1) is 0 Å². The maximum atomic E-state index is 13.5. The Labute approximate surface area is 116 Å². The minimum absolute atomic E-state index is 0.0775. The highest BCUT2D eigenvalue weighted by molar-refractivity contribution is 5.25. The number of rotatable bonds is 8. The number of aryl methyl sites for hydroxylation is 1. The van der Waals surface area contributed by atoms with Crippen molar-refractivity contribution in [2.75, 3.05) is 19.6 Å². The van der Waals surface area contributed by atoms with Crippen LogP contribution in [0.4, 0.5) is 4.39 Å². The van der Waals surface area contributed by atoms with Gasteiger partial charge in [-0.25, -0.2) is 4.39 Å². The third-order valence-corrected chi connectivity index (χ3v) is 3.46. The fraction of sp³-hybridized carbons (Fsp3) is 0.625. The zero-order chi connectivity index (χ0) is 14.3. The average Bonchev–Trinajstić information content (AvgIpc) is 2.39. The molecule has 0 bridgehead atoms. The van der Waals surface area contributed by atoms with Gasteiger partial charge in [-0.05, 0) is 63.0 Å². The fourth-order valence-electron chi connectivity index (χ4n) is 2.30. The minimum Gasteiger partial charge on any atom is -0.324 e. The normalized spacial score (nSPS) is 12.9. The zero-order valence-corrected chi connectivity index (χ0v) is 12.5. The molecule has 0 saturated carbocycles. The van der Waals surface area contributed by atoms with Crippen LogP contribution < -0.4 is 5.73 Å². The maximum Gasteiger partial charge on any atom is 0.126 e. The molecule has 0 aliphatic heterocycles. The standard InChI is InChI=1S/C16H27FN2/c1-4-9-19(10-5-2)11-8-16(18)14-7-6-13(3)15(17)12-14/h6-7,12,16H,4-5,8-11,18H2,1-3H3. The molecule has 3 heteroatoms. The van der Waals surface area contributed by atoms with Crippen LogP contribution >= 0.6 is 0 Å². The second-order valence-electron chi connectivity index (χ2n) is 5.25. The largest absolute Gasteiger partial charge is 0.324 e. The van der Waals surface area contributed by atoms with Crippen molar-refractivity contribution in [1.82, 2.24) is 4.90 Å². The van der Waals surface area contributed by atoms with E-state index in [9.17, 15) is 4.39 Å². The molecule has 19 heavy (non-hydrogen) atoms. The molecule has 0 aliphatic rings. The predicted octanol–water partition coefficient (Wildman–Crippen LogP) is 3.65. The van der Waals surface area contributed by atoms with Crippen LogP contribution in [0.25, 0.3) is 0 Å². The Morgan fingerprint density at radius 2 is 1.79 bits per heavy atom. The van der Waals surface area contributed by atoms with Gasteiger partial charge in [-0.3, -0.25) is 0 Å². The molecule has 1 aromatic carbocycles. The highest BCUT2D eigenvalue weighted by atomic mass is 19.1. The molecule has 0 aliphatic carbocycles. The molecular weight excluding hydrogens is 239 g/mol. The fourth-order valence-corrected chi connectivity index (χ4v) is 2.30. The highest BCUT2D eigenvalue weighted by Gasteiger charge is 2.10. The SMILES string of the molecule is CCCN(CCC)CCC(N)c1ccc(C)c(F)c1. The van der Waals surface area contributed by atoms with Crippen LogP contribution in [-0.2, 0) is 0 Å². The second-order valence-corrected chi connectivity index (χ2v) is 5.25. The van der Waals surface area contributed by atoms with Crippen LogP contribution in [0.2, 0.25) is 0 Å². The summed E-state index contributed by atoms with van der Waals surface area (Å²) in [6, 6.07) is 5.24. The quantitative estimate of drug-likeness (QED) is 0.778. The predicted molar refractivity (Wildman–Crippen MR) is 79.7 cm³/mol. The summed E-state index contributed by atoms with van der Waals surface area (Å²) in [5, 5.41) is 0. The summed E-state index contributed by atoms with van der Waals surface area (Å²) in [6.07, 6.45) is 3.20. The molecule has 0 fully saturated rings. The van der Waals surface area contributed by atoms with E-state index in [1.165, 1.54) is 0 Å². The van der Waals surface area contributed by atoms with Crippen molar-refractivity contribution in [2.45, 2.75) is 46.1 Å². The van der Waals surface area contributed by atoms with E-state index in [0.717, 1.165) is 44.5 Å². The molecule has 1 atom stereocenters. The summed E-state index contributed by atoms with van der Waals surface area (Å²) in [4.78, 5) is 2.43. The van der Waals surface area contributed by atoms with Crippen molar-refractivity contribution >= 4 is 0 Å². The van der Waals surface area contributed by atoms with E-state index in [2.05, 4.69) is 18.7 Å². The number of benzene rings is 1. The molecular formula is C16H27FN2. The zero-order valence-electron chi connectivity index (χ0n) is 12.5. The summed E-state index contributed by atoms with van der Waals surface area (Å²) in [7, 11) is 0. The van der Waals surface area contributed by atoms with E-state index < -0.39 is 0 Å². The Kier molecular flexibility index (Phi) is 7.03. The Morgan fingerprint density at radius 3 is 2.32 bits per heavy atom. The van der Waals surface area contributed by atoms with E-state index in [-0.39, 0.29) is 11.9 Å². The first-order valence-electron chi connectivity index (χ1n) is 7.32. The van der Waals surface area contributed by atoms with E-state index in [1.807, 2.05) is 6.07 Å². The molecule has 108 valence electrons. The molecule has 0 radical (unpaired) electrons. The lowest BCUT2D eigenvalue weighted by Crippen LogP contribution is -2.29. The van der Waals surface area contributed by atoms with Crippen molar-refractivity contribution in [3.63, 3.8) is 0 Å². The molecule has 2 nitrogen and oxygen atoms in total. The Hall–Kier alpha value is -0.930. The van der Waals surface area contributed by atoms with Gasteiger partial charge in [-0.2, -0.15) is 0 Å². The summed E-state index contributed by atoms with van der Waals surface area (Å²) in [5.74, 6) is -0.160. The Morgan fingerprint density at radius 1 is 1.16 bits per heavy atom. The molecule has 0 aromatic heterocycles. The van der Waals surface area contributed by atoms with Gasteiger partial charge < -0.3 is 10.6 Å². The highest BCUT2D eigenvalue weighted by Crippen LogP contribution is 2.18. The van der Waals surface area contributed by atoms with Gasteiger partial charge in [0.15, 0.2) is 0 Å². The van der Waals surface area contributed by atoms with Crippen LogP contribution in [0.15, 0.2) is 18.2 Å². The van der Waals surface area contributed by atoms with E-state index in [4.69, 9.17) is 5.73 Å². The van der Waals surface area contributed by atoms with Crippen molar-refractivity contribution in [3.8, 4) is 0 Å². The lowest BCUT2D eigenvalue weighted by atomic mass is 10.0. The molecule has 0 saturated heterocycles. The van der Waals surface area contributed by atoms with Crippen LogP contribution in [-0.4, -0.2) is 24.5 Å². The van der Waals surface area contributed by atoms with Crippen molar-refractivity contribution in [2.24, 2.45) is 5.73 Å². The summed E-state index contributed by atoms with van der Waals surface area (Å²) in [6.45, 7) is 9.37. The lowest BCUT2D eigenvalue weighted by Gasteiger charge is -2.23. The number of halogens is 1. The first kappa shape index (κ1) is 16.1. The summed E-state index contributed by atoms with van der Waals surface area (Å²) < 4.78 is 13.5. The monoisotopic (exact) mass is 266 g/mol. The smallest absolute Gasteiger partial charge is 0.126 e. The van der Waals surface area contributed by atoms with Crippen LogP contribution in [0.5, 0.6) is 0 Å². The molecule has 2 N–H and O–H groups in total. The van der Waals surface area contributed by atoms with Crippen molar-refractivity contribution < 1.29 is 4.39 Å². The Balaban J connectivity index is 2.53. The summed E-state index contributed by atoms with van der Waals surface area (Å²) in [5.41, 5.74) is 7.74. The first-order valence-corrected chi connectivity index (χ1v) is 7.32.